The van der Waals surface area contributed by atoms with E-state index in [0.717, 1.165) is 35.7 Å². The summed E-state index contributed by atoms with van der Waals surface area (Å²) in [6.07, 6.45) is 0.771. The molecule has 3 heterocycles. The van der Waals surface area contributed by atoms with Gasteiger partial charge in [0.15, 0.2) is 0 Å². The van der Waals surface area contributed by atoms with Crippen molar-refractivity contribution in [1.82, 2.24) is 15.2 Å². The van der Waals surface area contributed by atoms with E-state index < -0.39 is 0 Å². The van der Waals surface area contributed by atoms with Crippen LogP contribution >= 0.6 is 0 Å². The molecule has 20 heavy (non-hydrogen) atoms. The molecule has 0 saturated heterocycles. The minimum atomic E-state index is -0.186. The van der Waals surface area contributed by atoms with E-state index in [2.05, 4.69) is 26.2 Å². The number of H-pyrrole nitrogens is 1. The van der Waals surface area contributed by atoms with Crippen molar-refractivity contribution in [3.63, 3.8) is 0 Å². The summed E-state index contributed by atoms with van der Waals surface area (Å²) in [7, 11) is 0. The molecule has 2 aromatic heterocycles. The summed E-state index contributed by atoms with van der Waals surface area (Å²) in [4.78, 5) is 17.9. The van der Waals surface area contributed by atoms with Crippen LogP contribution < -0.4 is 10.5 Å². The molecule has 6 heteroatoms. The molecule has 100 valence electrons. The summed E-state index contributed by atoms with van der Waals surface area (Å²) < 4.78 is 0. The van der Waals surface area contributed by atoms with Gasteiger partial charge in [0.2, 0.25) is 0 Å². The number of aromatic amines is 1. The molecular weight excluding hydrogens is 254 g/mol. The van der Waals surface area contributed by atoms with Gasteiger partial charge in [-0.1, -0.05) is 0 Å². The number of hydrogen-bond acceptors (Lipinski definition) is 5. The smallest absolute Gasteiger partial charge is 0.264 e. The van der Waals surface area contributed by atoms with Crippen molar-refractivity contribution < 1.29 is 0 Å². The maximum atomic E-state index is 11.3. The number of hydrogen-bond donors (Lipinski definition) is 1. The van der Waals surface area contributed by atoms with E-state index >= 15 is 0 Å². The standard InChI is InChI=1S/C14H13N5O/c1-9-10(7-15)2-3-13(16-9)19-5-4-12-11(8-19)6-14(20)18-17-12/h2-3,6H,4-5,8H2,1H3,(H,18,20). The molecule has 2 aromatic rings. The van der Waals surface area contributed by atoms with Crippen LogP contribution in [0.3, 0.4) is 0 Å². The molecule has 1 aliphatic heterocycles. The number of aryl methyl sites for hydroxylation is 1. The van der Waals surface area contributed by atoms with Gasteiger partial charge in [-0.05, 0) is 19.1 Å². The second-order valence-corrected chi connectivity index (χ2v) is 4.79. The molecule has 0 aliphatic carbocycles. The van der Waals surface area contributed by atoms with Crippen LogP contribution in [0.2, 0.25) is 0 Å². The number of pyridine rings is 1. The Labute approximate surface area is 115 Å². The van der Waals surface area contributed by atoms with Gasteiger partial charge in [0.05, 0.1) is 17.0 Å². The number of fused-ring (bicyclic) bond motifs is 1. The van der Waals surface area contributed by atoms with Crippen molar-refractivity contribution >= 4 is 5.82 Å². The van der Waals surface area contributed by atoms with Gasteiger partial charge in [0, 0.05) is 31.1 Å². The minimum absolute atomic E-state index is 0.186. The first-order valence-corrected chi connectivity index (χ1v) is 6.37. The zero-order valence-electron chi connectivity index (χ0n) is 11.1. The van der Waals surface area contributed by atoms with E-state index in [0.29, 0.717) is 12.1 Å². The van der Waals surface area contributed by atoms with Crippen molar-refractivity contribution in [2.75, 3.05) is 11.4 Å². The van der Waals surface area contributed by atoms with Gasteiger partial charge < -0.3 is 4.90 Å². The summed E-state index contributed by atoms with van der Waals surface area (Å²) >= 11 is 0. The van der Waals surface area contributed by atoms with Gasteiger partial charge in [-0.15, -0.1) is 0 Å². The second kappa shape index (κ2) is 4.78. The van der Waals surface area contributed by atoms with Gasteiger partial charge >= 0.3 is 0 Å². The monoisotopic (exact) mass is 267 g/mol. The van der Waals surface area contributed by atoms with Crippen LogP contribution in [0.15, 0.2) is 23.0 Å². The summed E-state index contributed by atoms with van der Waals surface area (Å²) in [6, 6.07) is 7.33. The Kier molecular flexibility index (Phi) is 2.95. The van der Waals surface area contributed by atoms with Gasteiger partial charge in [0.25, 0.3) is 5.56 Å². The van der Waals surface area contributed by atoms with Crippen LogP contribution in [0.4, 0.5) is 5.82 Å². The van der Waals surface area contributed by atoms with Crippen molar-refractivity contribution in [2.24, 2.45) is 0 Å². The molecule has 0 aromatic carbocycles. The molecular formula is C14H13N5O. The Hall–Kier alpha value is -2.68. The molecule has 1 aliphatic rings. The average Bonchev–Trinajstić information content (AvgIpc) is 2.46. The fraction of sp³-hybridized carbons (Fsp3) is 0.286. The second-order valence-electron chi connectivity index (χ2n) is 4.79. The Morgan fingerprint density at radius 1 is 1.45 bits per heavy atom. The number of rotatable bonds is 1. The van der Waals surface area contributed by atoms with Crippen molar-refractivity contribution in [2.45, 2.75) is 19.9 Å². The molecule has 3 rings (SSSR count). The van der Waals surface area contributed by atoms with Crippen LogP contribution in [0, 0.1) is 18.3 Å². The maximum Gasteiger partial charge on any atom is 0.264 e. The average molecular weight is 267 g/mol. The minimum Gasteiger partial charge on any atom is -0.352 e. The van der Waals surface area contributed by atoms with Crippen LogP contribution in [-0.4, -0.2) is 21.7 Å². The molecule has 1 N–H and O–H groups in total. The lowest BCUT2D eigenvalue weighted by Crippen LogP contribution is -2.33. The number of anilines is 1. The molecule has 0 spiro atoms. The SMILES string of the molecule is Cc1nc(N2CCc3n[nH]c(=O)cc3C2)ccc1C#N. The van der Waals surface area contributed by atoms with Gasteiger partial charge in [-0.2, -0.15) is 10.4 Å². The van der Waals surface area contributed by atoms with Gasteiger partial charge in [-0.25, -0.2) is 10.1 Å². The molecule has 6 nitrogen and oxygen atoms in total. The Balaban J connectivity index is 1.92. The molecule has 0 radical (unpaired) electrons. The van der Waals surface area contributed by atoms with Gasteiger partial charge in [0.1, 0.15) is 11.9 Å². The summed E-state index contributed by atoms with van der Waals surface area (Å²) in [6.45, 7) is 3.24. The van der Waals surface area contributed by atoms with Crippen LogP contribution in [0.25, 0.3) is 0 Å². The summed E-state index contributed by atoms with van der Waals surface area (Å²) in [5.74, 6) is 0.826. The van der Waals surface area contributed by atoms with Crippen LogP contribution in [0.5, 0.6) is 0 Å². The predicted molar refractivity (Wildman–Crippen MR) is 73.3 cm³/mol. The van der Waals surface area contributed by atoms with E-state index in [1.165, 1.54) is 0 Å². The quantitative estimate of drug-likeness (QED) is 0.830. The normalized spacial score (nSPS) is 13.7. The van der Waals surface area contributed by atoms with Crippen LogP contribution in [-0.2, 0) is 13.0 Å². The van der Waals surface area contributed by atoms with E-state index in [9.17, 15) is 4.79 Å². The van der Waals surface area contributed by atoms with E-state index in [1.54, 1.807) is 12.1 Å². The van der Waals surface area contributed by atoms with E-state index in [1.807, 2.05) is 13.0 Å². The van der Waals surface area contributed by atoms with Crippen LogP contribution in [0.1, 0.15) is 22.5 Å². The van der Waals surface area contributed by atoms with Crippen molar-refractivity contribution in [1.29, 1.82) is 5.26 Å². The Morgan fingerprint density at radius 2 is 2.30 bits per heavy atom. The lowest BCUT2D eigenvalue weighted by atomic mass is 10.1. The predicted octanol–water partition coefficient (Wildman–Crippen LogP) is 0.908. The Bertz CT molecular complexity index is 759. The zero-order chi connectivity index (χ0) is 14.1. The fourth-order valence-electron chi connectivity index (χ4n) is 2.38. The zero-order valence-corrected chi connectivity index (χ0v) is 11.1. The van der Waals surface area contributed by atoms with Crippen molar-refractivity contribution in [3.05, 3.63) is 51.1 Å². The number of nitriles is 1. The molecule has 0 amide bonds. The first kappa shape index (κ1) is 12.4. The first-order valence-electron chi connectivity index (χ1n) is 6.37. The third-order valence-electron chi connectivity index (χ3n) is 3.47. The number of aromatic nitrogens is 3. The first-order chi connectivity index (χ1) is 9.67. The van der Waals surface area contributed by atoms with E-state index in [4.69, 9.17) is 5.26 Å². The highest BCUT2D eigenvalue weighted by Crippen LogP contribution is 2.21. The highest BCUT2D eigenvalue weighted by molar-refractivity contribution is 5.47. The largest absolute Gasteiger partial charge is 0.352 e. The van der Waals surface area contributed by atoms with Crippen molar-refractivity contribution in [3.8, 4) is 6.07 Å². The fourth-order valence-corrected chi connectivity index (χ4v) is 2.38. The third-order valence-corrected chi connectivity index (χ3v) is 3.47. The van der Waals surface area contributed by atoms with Gasteiger partial charge in [-0.3, -0.25) is 4.79 Å². The lowest BCUT2D eigenvalue weighted by Gasteiger charge is -2.28. The highest BCUT2D eigenvalue weighted by Gasteiger charge is 2.19. The molecule has 0 fully saturated rings. The molecule has 0 atom stereocenters. The molecule has 0 saturated carbocycles. The number of nitrogens with zero attached hydrogens (tertiary/aromatic N) is 4. The molecule has 0 bridgehead atoms. The van der Waals surface area contributed by atoms with E-state index in [-0.39, 0.29) is 5.56 Å². The number of nitrogens with one attached hydrogen (secondary N) is 1. The summed E-state index contributed by atoms with van der Waals surface area (Å²) in [5, 5.41) is 15.5. The highest BCUT2D eigenvalue weighted by atomic mass is 16.1. The Morgan fingerprint density at radius 3 is 3.05 bits per heavy atom. The topological polar surface area (TPSA) is 85.7 Å². The lowest BCUT2D eigenvalue weighted by molar-refractivity contribution is 0.682. The third kappa shape index (κ3) is 2.14. The maximum absolute atomic E-state index is 11.3. The summed E-state index contributed by atoms with van der Waals surface area (Å²) in [5.41, 5.74) is 2.99. The molecule has 0 unspecified atom stereocenters.